The number of halogens is 1. The molecule has 0 radical (unpaired) electrons. The van der Waals surface area contributed by atoms with Crippen molar-refractivity contribution < 1.29 is 19.6 Å². The molecule has 0 aliphatic heterocycles. The van der Waals surface area contributed by atoms with Gasteiger partial charge in [0.2, 0.25) is 5.91 Å². The Bertz CT molecular complexity index is 586. The molecule has 0 unspecified atom stereocenters. The number of hydrogen-bond acceptors (Lipinski definition) is 4. The topological polar surface area (TPSA) is 110 Å². The summed E-state index contributed by atoms with van der Waals surface area (Å²) in [7, 11) is 0. The van der Waals surface area contributed by atoms with E-state index >= 15 is 0 Å². The summed E-state index contributed by atoms with van der Waals surface area (Å²) in [6, 6.07) is 3.70. The molecule has 8 heteroatoms. The van der Waals surface area contributed by atoms with Gasteiger partial charge < -0.3 is 10.4 Å². The number of carbonyl (C=O) groups is 2. The Kier molecular flexibility index (Phi) is 5.26. The molecule has 114 valence electrons. The van der Waals surface area contributed by atoms with E-state index in [0.717, 1.165) is 6.07 Å². The van der Waals surface area contributed by atoms with Gasteiger partial charge in [0, 0.05) is 18.6 Å². The molecule has 0 spiro atoms. The number of benzene rings is 1. The summed E-state index contributed by atoms with van der Waals surface area (Å²) in [4.78, 5) is 32.6. The maximum atomic E-state index is 11.9. The highest BCUT2D eigenvalue weighted by Crippen LogP contribution is 2.29. The van der Waals surface area contributed by atoms with Crippen molar-refractivity contribution >= 4 is 34.9 Å². The molecule has 1 amide bonds. The van der Waals surface area contributed by atoms with Crippen molar-refractivity contribution in [3.05, 3.63) is 33.3 Å². The number of aliphatic carboxylic acids is 1. The minimum atomic E-state index is -0.985. The van der Waals surface area contributed by atoms with Crippen LogP contribution in [0.5, 0.6) is 0 Å². The molecule has 0 heterocycles. The predicted molar refractivity (Wildman–Crippen MR) is 77.4 cm³/mol. The highest BCUT2D eigenvalue weighted by atomic mass is 35.5. The molecule has 1 rings (SSSR count). The summed E-state index contributed by atoms with van der Waals surface area (Å²) in [5, 5.41) is 21.9. The number of anilines is 1. The smallest absolute Gasteiger partial charge is 0.303 e. The van der Waals surface area contributed by atoms with Gasteiger partial charge in [0.05, 0.1) is 22.1 Å². The third kappa shape index (κ3) is 5.39. The fourth-order valence-corrected chi connectivity index (χ4v) is 2.04. The molecule has 0 aromatic heterocycles. The minimum Gasteiger partial charge on any atom is -0.481 e. The van der Waals surface area contributed by atoms with E-state index in [9.17, 15) is 19.7 Å². The summed E-state index contributed by atoms with van der Waals surface area (Å²) in [5.74, 6) is -1.39. The van der Waals surface area contributed by atoms with Gasteiger partial charge in [-0.3, -0.25) is 19.7 Å². The molecule has 0 aliphatic rings. The van der Waals surface area contributed by atoms with Crippen LogP contribution in [0.1, 0.15) is 26.7 Å². The number of hydrogen-bond donors (Lipinski definition) is 2. The number of nitrogens with zero attached hydrogens (tertiary/aromatic N) is 1. The van der Waals surface area contributed by atoms with Crippen molar-refractivity contribution in [1.82, 2.24) is 0 Å². The van der Waals surface area contributed by atoms with Gasteiger partial charge in [0.25, 0.3) is 5.69 Å². The van der Waals surface area contributed by atoms with E-state index in [1.54, 1.807) is 13.8 Å². The third-order valence-electron chi connectivity index (χ3n) is 2.71. The second kappa shape index (κ2) is 6.53. The quantitative estimate of drug-likeness (QED) is 0.619. The van der Waals surface area contributed by atoms with Crippen molar-refractivity contribution in [2.45, 2.75) is 26.7 Å². The molecule has 0 aliphatic carbocycles. The first-order chi connectivity index (χ1) is 9.60. The first-order valence-electron chi connectivity index (χ1n) is 6.06. The van der Waals surface area contributed by atoms with Crippen LogP contribution in [-0.4, -0.2) is 21.9 Å². The maximum absolute atomic E-state index is 11.9. The summed E-state index contributed by atoms with van der Waals surface area (Å²) in [5.41, 5.74) is -0.633. The van der Waals surface area contributed by atoms with Crippen LogP contribution in [0.15, 0.2) is 18.2 Å². The van der Waals surface area contributed by atoms with Crippen molar-refractivity contribution in [3.8, 4) is 0 Å². The summed E-state index contributed by atoms with van der Waals surface area (Å²) >= 11 is 5.86. The van der Waals surface area contributed by atoms with Crippen molar-refractivity contribution in [2.24, 2.45) is 5.41 Å². The van der Waals surface area contributed by atoms with Crippen molar-refractivity contribution in [2.75, 3.05) is 5.32 Å². The Hall–Kier alpha value is -2.15. The van der Waals surface area contributed by atoms with Crippen molar-refractivity contribution in [3.63, 3.8) is 0 Å². The highest BCUT2D eigenvalue weighted by Gasteiger charge is 2.25. The van der Waals surface area contributed by atoms with Crippen LogP contribution >= 0.6 is 11.6 Å². The van der Waals surface area contributed by atoms with E-state index < -0.39 is 22.2 Å². The molecule has 21 heavy (non-hydrogen) atoms. The Morgan fingerprint density at radius 2 is 2.00 bits per heavy atom. The monoisotopic (exact) mass is 314 g/mol. The van der Waals surface area contributed by atoms with Gasteiger partial charge in [-0.25, -0.2) is 0 Å². The van der Waals surface area contributed by atoms with Crippen LogP contribution in [0.25, 0.3) is 0 Å². The number of rotatable bonds is 6. The molecule has 0 fully saturated rings. The Labute approximate surface area is 126 Å². The number of nitrogens with one attached hydrogen (secondary N) is 1. The summed E-state index contributed by atoms with van der Waals surface area (Å²) in [6.45, 7) is 3.33. The average molecular weight is 315 g/mol. The van der Waals surface area contributed by atoms with E-state index in [2.05, 4.69) is 5.32 Å². The number of carboxylic acid groups (broad SMARTS) is 1. The summed E-state index contributed by atoms with van der Waals surface area (Å²) < 4.78 is 0. The number of carboxylic acids is 1. The molecular weight excluding hydrogens is 300 g/mol. The number of nitro benzene ring substituents is 1. The molecule has 2 N–H and O–H groups in total. The Balaban J connectivity index is 2.75. The van der Waals surface area contributed by atoms with Crippen LogP contribution in [-0.2, 0) is 9.59 Å². The number of nitro groups is 1. The molecule has 7 nitrogen and oxygen atoms in total. The molecule has 1 aromatic rings. The molecule has 0 saturated heterocycles. The zero-order valence-corrected chi connectivity index (χ0v) is 12.3. The van der Waals surface area contributed by atoms with Gasteiger partial charge in [0.1, 0.15) is 0 Å². The first-order valence-corrected chi connectivity index (χ1v) is 6.44. The zero-order chi connectivity index (χ0) is 16.2. The Morgan fingerprint density at radius 1 is 1.38 bits per heavy atom. The fourth-order valence-electron chi connectivity index (χ4n) is 1.82. The normalized spacial score (nSPS) is 11.0. The van der Waals surface area contributed by atoms with Gasteiger partial charge in [0.15, 0.2) is 0 Å². The van der Waals surface area contributed by atoms with Crippen LogP contribution < -0.4 is 5.32 Å². The van der Waals surface area contributed by atoms with Gasteiger partial charge in [-0.1, -0.05) is 25.4 Å². The van der Waals surface area contributed by atoms with E-state index in [1.807, 2.05) is 0 Å². The van der Waals surface area contributed by atoms with Crippen molar-refractivity contribution in [1.29, 1.82) is 0 Å². The van der Waals surface area contributed by atoms with Crippen LogP contribution in [0.3, 0.4) is 0 Å². The standard InChI is InChI=1S/C13H15ClN2O5/c1-13(2,7-12(18)19)6-11(17)15-10-4-3-8(16(20)21)5-9(10)14/h3-5H,6-7H2,1-2H3,(H,15,17)(H,18,19). The molecule has 0 bridgehead atoms. The van der Waals surface area contributed by atoms with Gasteiger partial charge in [-0.05, 0) is 11.5 Å². The number of amides is 1. The molecule has 0 atom stereocenters. The fraction of sp³-hybridized carbons (Fsp3) is 0.385. The lowest BCUT2D eigenvalue weighted by Gasteiger charge is -2.21. The number of non-ortho nitro benzene ring substituents is 1. The van der Waals surface area contributed by atoms with E-state index in [1.165, 1.54) is 12.1 Å². The number of carbonyl (C=O) groups excluding carboxylic acids is 1. The van der Waals surface area contributed by atoms with E-state index in [-0.39, 0.29) is 29.2 Å². The van der Waals surface area contributed by atoms with Crippen LogP contribution in [0, 0.1) is 15.5 Å². The van der Waals surface area contributed by atoms with Gasteiger partial charge in [-0.2, -0.15) is 0 Å². The Morgan fingerprint density at radius 3 is 2.48 bits per heavy atom. The lowest BCUT2D eigenvalue weighted by Crippen LogP contribution is -2.24. The molecular formula is C13H15ClN2O5. The summed E-state index contributed by atoms with van der Waals surface area (Å²) in [6.07, 6.45) is -0.152. The largest absolute Gasteiger partial charge is 0.481 e. The van der Waals surface area contributed by atoms with Gasteiger partial charge >= 0.3 is 5.97 Å². The van der Waals surface area contributed by atoms with E-state index in [0.29, 0.717) is 0 Å². The highest BCUT2D eigenvalue weighted by molar-refractivity contribution is 6.33. The predicted octanol–water partition coefficient (Wildman–Crippen LogP) is 3.08. The van der Waals surface area contributed by atoms with Gasteiger partial charge in [-0.15, -0.1) is 0 Å². The lowest BCUT2D eigenvalue weighted by molar-refractivity contribution is -0.384. The lowest BCUT2D eigenvalue weighted by atomic mass is 9.85. The van der Waals surface area contributed by atoms with Crippen LogP contribution in [0.4, 0.5) is 11.4 Å². The van der Waals surface area contributed by atoms with E-state index in [4.69, 9.17) is 16.7 Å². The minimum absolute atomic E-state index is 0.00732. The van der Waals surface area contributed by atoms with Crippen LogP contribution in [0.2, 0.25) is 5.02 Å². The average Bonchev–Trinajstić information content (AvgIpc) is 2.28. The SMILES string of the molecule is CC(C)(CC(=O)O)CC(=O)Nc1ccc([N+](=O)[O-])cc1Cl. The molecule has 1 aromatic carbocycles. The second-order valence-electron chi connectivity index (χ2n) is 5.38. The zero-order valence-electron chi connectivity index (χ0n) is 11.6. The maximum Gasteiger partial charge on any atom is 0.303 e. The first kappa shape index (κ1) is 16.9. The molecule has 0 saturated carbocycles. The third-order valence-corrected chi connectivity index (χ3v) is 3.02. The second-order valence-corrected chi connectivity index (χ2v) is 5.79.